The second kappa shape index (κ2) is 10.2. The van der Waals surface area contributed by atoms with Gasteiger partial charge in [-0.25, -0.2) is 0 Å². The third-order valence-electron chi connectivity index (χ3n) is 7.10. The minimum Gasteiger partial charge on any atom is -0.309 e. The van der Waals surface area contributed by atoms with Gasteiger partial charge in [-0.05, 0) is 69.0 Å². The number of rotatable bonds is 11. The van der Waals surface area contributed by atoms with Gasteiger partial charge in [0.15, 0.2) is 0 Å². The third-order valence-corrected chi connectivity index (χ3v) is 7.10. The standard InChI is InChI=1S/C25H46N2O2/c1-18(14-19(2)25(7,8)17-20(3)24(4,5)6)15-21-16-22(28)27(23(21)29)13-11-12-26(9)10/h19-21H,1,11-17H2,2-10H3. The second-order valence-corrected chi connectivity index (χ2v) is 11.5. The largest absolute Gasteiger partial charge is 0.309 e. The van der Waals surface area contributed by atoms with Crippen molar-refractivity contribution in [3.63, 3.8) is 0 Å². The predicted molar refractivity (Wildman–Crippen MR) is 123 cm³/mol. The first kappa shape index (κ1) is 25.9. The normalized spacial score (nSPS) is 20.5. The van der Waals surface area contributed by atoms with Crippen LogP contribution in [0.15, 0.2) is 12.2 Å². The maximum atomic E-state index is 12.7. The van der Waals surface area contributed by atoms with Crippen molar-refractivity contribution in [2.24, 2.45) is 28.6 Å². The molecule has 0 bridgehead atoms. The predicted octanol–water partition coefficient (Wildman–Crippen LogP) is 5.38. The molecule has 0 saturated carbocycles. The number of hydrogen-bond donors (Lipinski definition) is 0. The highest BCUT2D eigenvalue weighted by molar-refractivity contribution is 6.03. The molecule has 1 rings (SSSR count). The molecule has 3 unspecified atom stereocenters. The zero-order chi connectivity index (χ0) is 22.6. The van der Waals surface area contributed by atoms with Crippen molar-refractivity contribution < 1.29 is 9.59 Å². The minimum atomic E-state index is -0.210. The molecule has 4 nitrogen and oxygen atoms in total. The summed E-state index contributed by atoms with van der Waals surface area (Å²) in [5.74, 6) is 0.904. The topological polar surface area (TPSA) is 40.6 Å². The van der Waals surface area contributed by atoms with Gasteiger partial charge in [-0.2, -0.15) is 0 Å². The van der Waals surface area contributed by atoms with Gasteiger partial charge in [0.25, 0.3) is 0 Å². The van der Waals surface area contributed by atoms with Crippen LogP contribution in [0.5, 0.6) is 0 Å². The Morgan fingerprint density at radius 1 is 1.14 bits per heavy atom. The van der Waals surface area contributed by atoms with Gasteiger partial charge in [0.05, 0.1) is 5.92 Å². The summed E-state index contributed by atoms with van der Waals surface area (Å²) < 4.78 is 0. The average molecular weight is 407 g/mol. The summed E-state index contributed by atoms with van der Waals surface area (Å²) >= 11 is 0. The smallest absolute Gasteiger partial charge is 0.233 e. The number of likely N-dealkylation sites (tertiary alicyclic amines) is 1. The zero-order valence-corrected chi connectivity index (χ0v) is 20.6. The lowest BCUT2D eigenvalue weighted by atomic mass is 9.66. The number of nitrogens with zero attached hydrogens (tertiary/aromatic N) is 2. The van der Waals surface area contributed by atoms with E-state index in [4.69, 9.17) is 0 Å². The van der Waals surface area contributed by atoms with Crippen LogP contribution in [0.2, 0.25) is 0 Å². The molecule has 1 saturated heterocycles. The Balaban J connectivity index is 2.59. The van der Waals surface area contributed by atoms with Crippen LogP contribution in [-0.2, 0) is 9.59 Å². The Morgan fingerprint density at radius 3 is 2.24 bits per heavy atom. The number of amides is 2. The first-order valence-corrected chi connectivity index (χ1v) is 11.3. The molecule has 0 aliphatic carbocycles. The van der Waals surface area contributed by atoms with Crippen LogP contribution in [0, 0.1) is 28.6 Å². The van der Waals surface area contributed by atoms with Gasteiger partial charge in [-0.3, -0.25) is 14.5 Å². The Kier molecular flexibility index (Phi) is 9.13. The maximum Gasteiger partial charge on any atom is 0.233 e. The molecule has 2 amide bonds. The molecule has 1 fully saturated rings. The van der Waals surface area contributed by atoms with Crippen molar-refractivity contribution in [1.82, 2.24) is 9.80 Å². The first-order chi connectivity index (χ1) is 13.1. The first-order valence-electron chi connectivity index (χ1n) is 11.3. The van der Waals surface area contributed by atoms with E-state index in [2.05, 4.69) is 59.9 Å². The van der Waals surface area contributed by atoms with E-state index in [1.54, 1.807) is 0 Å². The molecule has 0 N–H and O–H groups in total. The van der Waals surface area contributed by atoms with Crippen molar-refractivity contribution in [3.8, 4) is 0 Å². The summed E-state index contributed by atoms with van der Waals surface area (Å²) in [7, 11) is 4.01. The van der Waals surface area contributed by atoms with E-state index in [1.165, 1.54) is 11.3 Å². The van der Waals surface area contributed by atoms with Crippen molar-refractivity contribution >= 4 is 11.8 Å². The van der Waals surface area contributed by atoms with E-state index in [-0.39, 0.29) is 23.1 Å². The molecule has 0 aromatic rings. The summed E-state index contributed by atoms with van der Waals surface area (Å²) in [6.45, 7) is 22.0. The average Bonchev–Trinajstić information content (AvgIpc) is 2.80. The van der Waals surface area contributed by atoms with Crippen LogP contribution in [-0.4, -0.2) is 48.8 Å². The van der Waals surface area contributed by atoms with Crippen molar-refractivity contribution in [2.45, 2.75) is 80.6 Å². The lowest BCUT2D eigenvalue weighted by Gasteiger charge is -2.39. The number of carbonyl (C=O) groups excluding carboxylic acids is 2. The van der Waals surface area contributed by atoms with Crippen molar-refractivity contribution in [2.75, 3.05) is 27.2 Å². The summed E-state index contributed by atoms with van der Waals surface area (Å²) in [6.07, 6.45) is 3.91. The number of allylic oxidation sites excluding steroid dienone is 1. The van der Waals surface area contributed by atoms with Gasteiger partial charge in [0.2, 0.25) is 11.8 Å². The van der Waals surface area contributed by atoms with E-state index < -0.39 is 0 Å². The summed E-state index contributed by atoms with van der Waals surface area (Å²) in [6, 6.07) is 0. The molecule has 0 radical (unpaired) electrons. The van der Waals surface area contributed by atoms with Gasteiger partial charge < -0.3 is 4.90 Å². The van der Waals surface area contributed by atoms with Crippen LogP contribution < -0.4 is 0 Å². The van der Waals surface area contributed by atoms with E-state index in [1.807, 2.05) is 14.1 Å². The highest BCUT2D eigenvalue weighted by atomic mass is 16.2. The molecule has 0 aromatic carbocycles. The number of carbonyl (C=O) groups is 2. The van der Waals surface area contributed by atoms with Gasteiger partial charge in [-0.1, -0.05) is 60.6 Å². The lowest BCUT2D eigenvalue weighted by molar-refractivity contribution is -0.139. The summed E-state index contributed by atoms with van der Waals surface area (Å²) in [5, 5.41) is 0. The van der Waals surface area contributed by atoms with E-state index in [9.17, 15) is 9.59 Å². The Hall–Kier alpha value is -1.16. The van der Waals surface area contributed by atoms with Crippen molar-refractivity contribution in [1.29, 1.82) is 0 Å². The summed E-state index contributed by atoms with van der Waals surface area (Å²) in [4.78, 5) is 28.6. The van der Waals surface area contributed by atoms with Crippen LogP contribution in [0.1, 0.15) is 80.6 Å². The quantitative estimate of drug-likeness (QED) is 0.341. The minimum absolute atomic E-state index is 0.00294. The molecule has 4 heteroatoms. The van der Waals surface area contributed by atoms with E-state index >= 15 is 0 Å². The number of hydrogen-bond acceptors (Lipinski definition) is 3. The van der Waals surface area contributed by atoms with Crippen molar-refractivity contribution in [3.05, 3.63) is 12.2 Å². The molecule has 0 aromatic heterocycles. The number of imide groups is 1. The Labute approximate surface area is 180 Å². The SMILES string of the molecule is C=C(CC1CC(=O)N(CCCN(C)C)C1=O)CC(C)C(C)(C)CC(C)C(C)(C)C. The summed E-state index contributed by atoms with van der Waals surface area (Å²) in [5.41, 5.74) is 1.62. The highest BCUT2D eigenvalue weighted by Crippen LogP contribution is 2.42. The molecule has 0 spiro atoms. The molecule has 1 aliphatic rings. The third kappa shape index (κ3) is 7.88. The van der Waals surface area contributed by atoms with Gasteiger partial charge in [0.1, 0.15) is 0 Å². The second-order valence-electron chi connectivity index (χ2n) is 11.5. The van der Waals surface area contributed by atoms with Gasteiger partial charge in [0, 0.05) is 13.0 Å². The van der Waals surface area contributed by atoms with Gasteiger partial charge >= 0.3 is 0 Å². The fourth-order valence-corrected chi connectivity index (χ4v) is 4.13. The molecular weight excluding hydrogens is 360 g/mol. The zero-order valence-electron chi connectivity index (χ0n) is 20.6. The van der Waals surface area contributed by atoms with E-state index in [0.717, 1.165) is 25.0 Å². The molecular formula is C25H46N2O2. The molecule has 1 heterocycles. The Bertz CT molecular complexity index is 586. The monoisotopic (exact) mass is 406 g/mol. The maximum absolute atomic E-state index is 12.7. The fourth-order valence-electron chi connectivity index (χ4n) is 4.13. The highest BCUT2D eigenvalue weighted by Gasteiger charge is 2.39. The Morgan fingerprint density at radius 2 is 1.72 bits per heavy atom. The van der Waals surface area contributed by atoms with Crippen LogP contribution in [0.3, 0.4) is 0 Å². The molecule has 29 heavy (non-hydrogen) atoms. The van der Waals surface area contributed by atoms with Crippen LogP contribution in [0.4, 0.5) is 0 Å². The van der Waals surface area contributed by atoms with Crippen LogP contribution in [0.25, 0.3) is 0 Å². The molecule has 1 aliphatic heterocycles. The molecule has 3 atom stereocenters. The van der Waals surface area contributed by atoms with Gasteiger partial charge in [-0.15, -0.1) is 0 Å². The van der Waals surface area contributed by atoms with Crippen LogP contribution >= 0.6 is 0 Å². The van der Waals surface area contributed by atoms with E-state index in [0.29, 0.717) is 36.6 Å². The lowest BCUT2D eigenvalue weighted by Crippen LogP contribution is -2.33. The molecule has 168 valence electrons. The fraction of sp³-hybridized carbons (Fsp3) is 0.840.